The highest BCUT2D eigenvalue weighted by Crippen LogP contribution is 2.28. The lowest BCUT2D eigenvalue weighted by atomic mass is 10.2. The molecular formula is C28H27N5O4. The van der Waals surface area contributed by atoms with Gasteiger partial charge in [-0.3, -0.25) is 0 Å². The Labute approximate surface area is 215 Å². The van der Waals surface area contributed by atoms with Gasteiger partial charge in [0.1, 0.15) is 5.75 Å². The summed E-state index contributed by atoms with van der Waals surface area (Å²) in [5.41, 5.74) is 8.11. The minimum Gasteiger partial charge on any atom is -0.423 e. The summed E-state index contributed by atoms with van der Waals surface area (Å²) in [6.45, 7) is 14.0. The van der Waals surface area contributed by atoms with E-state index in [4.69, 9.17) is 9.57 Å². The summed E-state index contributed by atoms with van der Waals surface area (Å²) in [5.74, 6) is -0.581. The number of aryl methyl sites for hydroxylation is 2. The van der Waals surface area contributed by atoms with Crippen LogP contribution in [0, 0.1) is 13.8 Å². The summed E-state index contributed by atoms with van der Waals surface area (Å²) < 4.78 is 5.23. The number of hydrogen-bond acceptors (Lipinski definition) is 9. The minimum atomic E-state index is -0.529. The molecule has 0 saturated heterocycles. The number of azo groups is 2. The number of nitrogens with one attached hydrogen (secondary N) is 1. The second-order valence-electron chi connectivity index (χ2n) is 8.31. The maximum Gasteiger partial charge on any atom is 0.357 e. The molecule has 0 amide bonds. The van der Waals surface area contributed by atoms with E-state index < -0.39 is 11.9 Å². The topological polar surface area (TPSA) is 114 Å². The number of nitrogens with zero attached hydrogens (tertiary/aromatic N) is 4. The Morgan fingerprint density at radius 1 is 0.703 bits per heavy atom. The van der Waals surface area contributed by atoms with E-state index in [2.05, 4.69) is 39.1 Å². The zero-order chi connectivity index (χ0) is 26.9. The van der Waals surface area contributed by atoms with Crippen LogP contribution in [0.4, 0.5) is 28.4 Å². The first-order valence-corrected chi connectivity index (χ1v) is 11.3. The molecule has 9 nitrogen and oxygen atoms in total. The van der Waals surface area contributed by atoms with E-state index in [9.17, 15) is 9.59 Å². The second-order valence-corrected chi connectivity index (χ2v) is 8.31. The van der Waals surface area contributed by atoms with E-state index in [-0.39, 0.29) is 0 Å². The van der Waals surface area contributed by atoms with Crippen LogP contribution in [0.15, 0.2) is 105 Å². The van der Waals surface area contributed by atoms with Gasteiger partial charge in [-0.1, -0.05) is 13.2 Å². The van der Waals surface area contributed by atoms with Gasteiger partial charge < -0.3 is 9.57 Å². The van der Waals surface area contributed by atoms with Gasteiger partial charge in [-0.05, 0) is 99.5 Å². The van der Waals surface area contributed by atoms with Crippen molar-refractivity contribution in [1.29, 1.82) is 0 Å². The average molecular weight is 498 g/mol. The van der Waals surface area contributed by atoms with Crippen molar-refractivity contribution in [3.05, 3.63) is 96.1 Å². The summed E-state index contributed by atoms with van der Waals surface area (Å²) in [6.07, 6.45) is 0. The van der Waals surface area contributed by atoms with Crippen LogP contribution >= 0.6 is 0 Å². The average Bonchev–Trinajstić information content (AvgIpc) is 2.86. The third kappa shape index (κ3) is 7.79. The fourth-order valence-electron chi connectivity index (χ4n) is 2.83. The van der Waals surface area contributed by atoms with Gasteiger partial charge in [-0.15, -0.1) is 0 Å². The SMILES string of the molecule is C=C(C)C(=O)ONc1ccc(N=Nc2ccc(N=Nc3ccc(OC(=O)C(=C)C)cc3C)cc2)c(C)c1. The normalized spacial score (nSPS) is 10.9. The van der Waals surface area contributed by atoms with Crippen molar-refractivity contribution in [1.82, 2.24) is 0 Å². The molecule has 0 bridgehead atoms. The Balaban J connectivity index is 1.61. The lowest BCUT2D eigenvalue weighted by Crippen LogP contribution is -2.10. The van der Waals surface area contributed by atoms with Crippen LogP contribution in [-0.2, 0) is 14.4 Å². The van der Waals surface area contributed by atoms with Crippen LogP contribution in [0.3, 0.4) is 0 Å². The highest BCUT2D eigenvalue weighted by atomic mass is 16.7. The number of hydrogen-bond donors (Lipinski definition) is 1. The summed E-state index contributed by atoms with van der Waals surface area (Å²) in [4.78, 5) is 28.1. The van der Waals surface area contributed by atoms with Crippen LogP contribution in [0.5, 0.6) is 5.75 Å². The molecule has 0 unspecified atom stereocenters. The van der Waals surface area contributed by atoms with E-state index in [1.54, 1.807) is 74.5 Å². The zero-order valence-corrected chi connectivity index (χ0v) is 21.1. The Kier molecular flexibility index (Phi) is 8.77. The maximum absolute atomic E-state index is 11.7. The smallest absolute Gasteiger partial charge is 0.357 e. The highest BCUT2D eigenvalue weighted by Gasteiger charge is 2.07. The fourth-order valence-corrected chi connectivity index (χ4v) is 2.83. The summed E-state index contributed by atoms with van der Waals surface area (Å²) in [5, 5.41) is 17.1. The number of rotatable bonds is 9. The van der Waals surface area contributed by atoms with Crippen LogP contribution < -0.4 is 10.2 Å². The largest absolute Gasteiger partial charge is 0.423 e. The molecule has 9 heteroatoms. The standard InChI is InChI=1S/C28H27N5O4/c1-17(2)27(34)36-24-12-14-26(20(6)16-24)32-30-22-9-7-21(8-10-22)29-31-25-13-11-23(15-19(25)5)33-37-28(35)18(3)4/h7-16,33H,1,3H2,2,4-6H3. The molecule has 0 atom stereocenters. The minimum absolute atomic E-state index is 0.301. The number of carbonyl (C=O) groups is 2. The Morgan fingerprint density at radius 2 is 1.22 bits per heavy atom. The van der Waals surface area contributed by atoms with Crippen LogP contribution in [0.1, 0.15) is 25.0 Å². The number of ether oxygens (including phenoxy) is 1. The number of esters is 1. The van der Waals surface area contributed by atoms with E-state index >= 15 is 0 Å². The van der Waals surface area contributed by atoms with Gasteiger partial charge in [-0.25, -0.2) is 15.1 Å². The van der Waals surface area contributed by atoms with E-state index in [0.29, 0.717) is 45.3 Å². The van der Waals surface area contributed by atoms with Gasteiger partial charge in [0.15, 0.2) is 0 Å². The van der Waals surface area contributed by atoms with Crippen molar-refractivity contribution >= 4 is 40.4 Å². The van der Waals surface area contributed by atoms with Crippen molar-refractivity contribution in [3.63, 3.8) is 0 Å². The molecule has 37 heavy (non-hydrogen) atoms. The number of benzene rings is 3. The first-order valence-electron chi connectivity index (χ1n) is 11.3. The van der Waals surface area contributed by atoms with Gasteiger partial charge in [0.05, 0.1) is 28.4 Å². The molecule has 188 valence electrons. The van der Waals surface area contributed by atoms with Gasteiger partial charge >= 0.3 is 11.9 Å². The Bertz CT molecular complexity index is 1410. The third-order valence-corrected chi connectivity index (χ3v) is 4.93. The van der Waals surface area contributed by atoms with Crippen LogP contribution in [0.2, 0.25) is 0 Å². The van der Waals surface area contributed by atoms with Gasteiger partial charge in [0.25, 0.3) is 0 Å². The summed E-state index contributed by atoms with van der Waals surface area (Å²) in [7, 11) is 0. The van der Waals surface area contributed by atoms with E-state index in [0.717, 1.165) is 11.1 Å². The van der Waals surface area contributed by atoms with Crippen molar-refractivity contribution in [3.8, 4) is 5.75 Å². The van der Waals surface area contributed by atoms with Gasteiger partial charge in [0.2, 0.25) is 0 Å². The maximum atomic E-state index is 11.7. The fraction of sp³-hybridized carbons (Fsp3) is 0.143. The lowest BCUT2D eigenvalue weighted by molar-refractivity contribution is -0.136. The van der Waals surface area contributed by atoms with Gasteiger partial charge in [0, 0.05) is 11.1 Å². The predicted molar refractivity (Wildman–Crippen MR) is 142 cm³/mol. The summed E-state index contributed by atoms with van der Waals surface area (Å²) in [6, 6.07) is 17.5. The zero-order valence-electron chi connectivity index (χ0n) is 21.1. The molecule has 3 rings (SSSR count). The Hall–Kier alpha value is -4.92. The van der Waals surface area contributed by atoms with Crippen molar-refractivity contribution in [2.75, 3.05) is 5.48 Å². The first kappa shape index (κ1) is 26.7. The molecule has 3 aromatic carbocycles. The molecule has 0 aromatic heterocycles. The van der Waals surface area contributed by atoms with Crippen molar-refractivity contribution in [2.24, 2.45) is 20.5 Å². The molecule has 0 fully saturated rings. The van der Waals surface area contributed by atoms with E-state index in [1.165, 1.54) is 0 Å². The highest BCUT2D eigenvalue weighted by molar-refractivity contribution is 5.89. The van der Waals surface area contributed by atoms with Crippen LogP contribution in [-0.4, -0.2) is 11.9 Å². The molecule has 1 N–H and O–H groups in total. The number of carbonyl (C=O) groups excluding carboxylic acids is 2. The molecule has 0 aliphatic rings. The van der Waals surface area contributed by atoms with E-state index in [1.807, 2.05) is 13.8 Å². The summed E-state index contributed by atoms with van der Waals surface area (Å²) >= 11 is 0. The van der Waals surface area contributed by atoms with Crippen molar-refractivity contribution < 1.29 is 19.2 Å². The first-order chi connectivity index (χ1) is 17.6. The third-order valence-electron chi connectivity index (χ3n) is 4.93. The quantitative estimate of drug-likeness (QED) is 0.106. The lowest BCUT2D eigenvalue weighted by Gasteiger charge is -2.08. The number of anilines is 1. The van der Waals surface area contributed by atoms with Crippen molar-refractivity contribution in [2.45, 2.75) is 27.7 Å². The molecule has 3 aromatic rings. The molecular weight excluding hydrogens is 470 g/mol. The predicted octanol–water partition coefficient (Wildman–Crippen LogP) is 8.06. The van der Waals surface area contributed by atoms with Crippen LogP contribution in [0.25, 0.3) is 0 Å². The molecule has 0 radical (unpaired) electrons. The monoisotopic (exact) mass is 497 g/mol. The molecule has 0 heterocycles. The molecule has 0 aliphatic carbocycles. The Morgan fingerprint density at radius 3 is 1.70 bits per heavy atom. The molecule has 0 saturated carbocycles. The molecule has 0 aliphatic heterocycles. The van der Waals surface area contributed by atoms with Gasteiger partial charge in [-0.2, -0.15) is 20.5 Å². The molecule has 0 spiro atoms. The second kappa shape index (κ2) is 12.2.